The van der Waals surface area contributed by atoms with E-state index in [2.05, 4.69) is 335 Å². The number of para-hydroxylation sites is 6. The van der Waals surface area contributed by atoms with Crippen molar-refractivity contribution < 1.29 is 13.3 Å². The number of nitrogens with zero attached hydrogens (tertiary/aromatic N) is 5. The molecule has 17 aromatic carbocycles. The minimum atomic E-state index is -0.734. The molecule has 7 aromatic heterocycles. The fourth-order valence-corrected chi connectivity index (χ4v) is 19.9. The zero-order chi connectivity index (χ0) is 73.5. The van der Waals surface area contributed by atoms with E-state index in [4.69, 9.17) is 23.2 Å². The van der Waals surface area contributed by atoms with Gasteiger partial charge in [0.15, 0.2) is 0 Å². The van der Waals surface area contributed by atoms with Crippen LogP contribution in [0.2, 0.25) is 0 Å². The van der Waals surface area contributed by atoms with Crippen molar-refractivity contribution in [3.63, 3.8) is 0 Å². The second-order valence-electron chi connectivity index (χ2n) is 30.6. The van der Waals surface area contributed by atoms with Crippen LogP contribution in [0.3, 0.4) is 0 Å². The Kier molecular flexibility index (Phi) is 12.1. The maximum Gasteiger partial charge on any atom is 0.235 e. The molecule has 522 valence electrons. The van der Waals surface area contributed by atoms with Crippen molar-refractivity contribution in [3.8, 4) is 84.2 Å². The summed E-state index contributed by atoms with van der Waals surface area (Å²) in [4.78, 5) is 11.8. The van der Waals surface area contributed by atoms with Gasteiger partial charge in [-0.3, -0.25) is 4.57 Å². The van der Waals surface area contributed by atoms with E-state index in [1.807, 2.05) is 36.4 Å². The van der Waals surface area contributed by atoms with Gasteiger partial charge in [-0.25, -0.2) is 9.97 Å². The molecule has 2 aliphatic carbocycles. The van der Waals surface area contributed by atoms with Crippen molar-refractivity contribution in [2.24, 2.45) is 0 Å². The molecule has 8 nitrogen and oxygen atoms in total. The highest BCUT2D eigenvalue weighted by atomic mass is 16.3. The predicted octanol–water partition coefficient (Wildman–Crippen LogP) is 27.6. The van der Waals surface area contributed by atoms with Crippen LogP contribution < -0.4 is 0 Å². The normalized spacial score (nSPS) is 13.0. The van der Waals surface area contributed by atoms with Gasteiger partial charge in [-0.15, -0.1) is 0 Å². The first kappa shape index (κ1) is 60.8. The summed E-state index contributed by atoms with van der Waals surface area (Å²) in [6.45, 7) is 0. The quantitative estimate of drug-likeness (QED) is 0.159. The van der Waals surface area contributed by atoms with Gasteiger partial charge in [0.2, 0.25) is 5.95 Å². The molecule has 7 heterocycles. The van der Waals surface area contributed by atoms with Gasteiger partial charge in [0.1, 0.15) is 33.5 Å². The number of fused-ring (bicyclic) bond motifs is 29. The highest BCUT2D eigenvalue weighted by Gasteiger charge is 2.52. The third-order valence-corrected chi connectivity index (χ3v) is 24.9. The van der Waals surface area contributed by atoms with Crippen LogP contribution in [-0.4, -0.2) is 23.7 Å². The third kappa shape index (κ3) is 8.42. The van der Waals surface area contributed by atoms with Crippen molar-refractivity contribution in [3.05, 3.63) is 380 Å². The largest absolute Gasteiger partial charge is 0.456 e. The van der Waals surface area contributed by atoms with Crippen LogP contribution in [0.15, 0.2) is 371 Å². The SMILES string of the molecule is c1ccc2c(c1)-c1ccccc1C21c2cc(-c3nc(-n4c5ccccc5c5cc(-c6ccc7oc8ccccc8c7c6)ccc54)nc4ccc(-n5c6ccccc6c6cc(-c7ccc8oc9ccccc9c8c7)ccc65)cc34)ccc2-c2ccc(-n3c4ccccc4c4cc(-c5ccc6oc7ccccc7c6c5)ccc43)cc21. The Morgan fingerprint density at radius 3 is 1.03 bits per heavy atom. The lowest BCUT2D eigenvalue weighted by Gasteiger charge is -2.31. The summed E-state index contributed by atoms with van der Waals surface area (Å²) in [5, 5.41) is 14.5. The smallest absolute Gasteiger partial charge is 0.235 e. The molecule has 8 heteroatoms. The second-order valence-corrected chi connectivity index (χ2v) is 30.6. The fourth-order valence-electron chi connectivity index (χ4n) is 19.9. The van der Waals surface area contributed by atoms with Gasteiger partial charge < -0.3 is 22.4 Å². The lowest BCUT2D eigenvalue weighted by Crippen LogP contribution is -2.26. The van der Waals surface area contributed by atoms with Gasteiger partial charge in [0.05, 0.1) is 49.7 Å². The van der Waals surface area contributed by atoms with E-state index in [1.165, 1.54) is 60.7 Å². The van der Waals surface area contributed by atoms with E-state index in [0.29, 0.717) is 5.95 Å². The van der Waals surface area contributed by atoms with Crippen LogP contribution in [0.5, 0.6) is 0 Å². The summed E-state index contributed by atoms with van der Waals surface area (Å²) in [5.74, 6) is 0.585. The second kappa shape index (κ2) is 22.5. The number of benzene rings is 17. The number of hydrogen-bond donors (Lipinski definition) is 0. The van der Waals surface area contributed by atoms with Gasteiger partial charge in [-0.1, -0.05) is 212 Å². The summed E-state index contributed by atoms with van der Waals surface area (Å²) in [5.41, 5.74) is 32.5. The van der Waals surface area contributed by atoms with E-state index in [0.717, 1.165) is 182 Å². The van der Waals surface area contributed by atoms with Crippen LogP contribution in [-0.2, 0) is 5.41 Å². The highest BCUT2D eigenvalue weighted by Crippen LogP contribution is 2.64. The van der Waals surface area contributed by atoms with Gasteiger partial charge in [0, 0.05) is 87.0 Å². The van der Waals surface area contributed by atoms with Gasteiger partial charge in [-0.05, 0) is 223 Å². The minimum Gasteiger partial charge on any atom is -0.456 e. The van der Waals surface area contributed by atoms with Gasteiger partial charge in [-0.2, -0.15) is 0 Å². The molecule has 26 rings (SSSR count). The van der Waals surface area contributed by atoms with Crippen LogP contribution >= 0.6 is 0 Å². The predicted molar refractivity (Wildman–Crippen MR) is 462 cm³/mol. The van der Waals surface area contributed by atoms with E-state index >= 15 is 0 Å². The summed E-state index contributed by atoms with van der Waals surface area (Å²) < 4.78 is 26.1. The van der Waals surface area contributed by atoms with Crippen LogP contribution in [0.4, 0.5) is 0 Å². The zero-order valence-electron chi connectivity index (χ0n) is 60.5. The van der Waals surface area contributed by atoms with Crippen molar-refractivity contribution in [1.29, 1.82) is 0 Å². The first-order valence-corrected chi connectivity index (χ1v) is 38.6. The molecule has 0 bridgehead atoms. The van der Waals surface area contributed by atoms with E-state index in [-0.39, 0.29) is 0 Å². The maximum atomic E-state index is 6.32. The highest BCUT2D eigenvalue weighted by molar-refractivity contribution is 6.16. The van der Waals surface area contributed by atoms with Gasteiger partial charge >= 0.3 is 0 Å². The van der Waals surface area contributed by atoms with E-state index < -0.39 is 5.41 Å². The molecule has 0 amide bonds. The maximum absolute atomic E-state index is 6.32. The third-order valence-electron chi connectivity index (χ3n) is 24.9. The Bertz CT molecular complexity index is 8310. The number of rotatable bonds is 7. The molecule has 0 saturated heterocycles. The lowest BCUT2D eigenvalue weighted by atomic mass is 9.70. The number of hydrogen-bond acceptors (Lipinski definition) is 5. The molecule has 0 radical (unpaired) electrons. The van der Waals surface area contributed by atoms with Crippen molar-refractivity contribution >= 4 is 142 Å². The molecule has 0 unspecified atom stereocenters. The summed E-state index contributed by atoms with van der Waals surface area (Å²) >= 11 is 0. The summed E-state index contributed by atoms with van der Waals surface area (Å²) in [6.07, 6.45) is 0. The number of aromatic nitrogens is 5. The summed E-state index contributed by atoms with van der Waals surface area (Å²) in [6, 6.07) is 131. The Morgan fingerprint density at radius 1 is 0.204 bits per heavy atom. The van der Waals surface area contributed by atoms with E-state index in [1.54, 1.807) is 0 Å². The molecular formula is C105H59N5O3. The molecule has 24 aromatic rings. The molecule has 113 heavy (non-hydrogen) atoms. The zero-order valence-corrected chi connectivity index (χ0v) is 60.5. The Balaban J connectivity index is 0.680. The molecule has 0 saturated carbocycles. The van der Waals surface area contributed by atoms with E-state index in [9.17, 15) is 0 Å². The topological polar surface area (TPSA) is 80.0 Å². The Labute approximate surface area is 644 Å². The molecule has 0 fully saturated rings. The first-order chi connectivity index (χ1) is 56.0. The minimum absolute atomic E-state index is 0.585. The Hall–Kier alpha value is -15.1. The monoisotopic (exact) mass is 1440 g/mol. The molecule has 1 spiro atoms. The average Bonchev–Trinajstić information content (AvgIpc) is 1.50. The lowest BCUT2D eigenvalue weighted by molar-refractivity contribution is 0.668. The van der Waals surface area contributed by atoms with Gasteiger partial charge in [0.25, 0.3) is 0 Å². The van der Waals surface area contributed by atoms with Crippen LogP contribution in [0.1, 0.15) is 22.3 Å². The molecule has 2 aliphatic rings. The standard InChI is InChI=1S/C105H59N5O3/c1-9-25-86-69(17-1)70-18-2-10-26-87(70)105(86)88-57-66(33-42-71(88)72-43-40-68(59-89(72)105)109-92-28-12-4-20-74(92)80-52-61(35-46-95(80)109)64-38-49-101-83(55-64)77-23-7-15-31-98(77)112-101)103-85-58-67(108-91-27-11-3-19-73(91)79-51-60(34-45-94(79)108)63-37-48-100-82(54-63)76-22-6-14-30-97(76)111-100)41-44-90(85)106-104(107-103)110-93-29-13-5-21-75(93)81-53-62(36-47-96(81)110)65-39-50-102-84(56-65)78-24-8-16-32-99(78)113-102/h1-59H. The molecule has 0 aliphatic heterocycles. The Morgan fingerprint density at radius 2 is 0.540 bits per heavy atom. The average molecular weight is 1440 g/mol. The molecule has 0 atom stereocenters. The summed E-state index contributed by atoms with van der Waals surface area (Å²) in [7, 11) is 0. The van der Waals surface area contributed by atoms with Crippen molar-refractivity contribution in [2.75, 3.05) is 0 Å². The van der Waals surface area contributed by atoms with Crippen molar-refractivity contribution in [1.82, 2.24) is 23.7 Å². The number of furan rings is 3. The van der Waals surface area contributed by atoms with Crippen LogP contribution in [0.25, 0.3) is 226 Å². The van der Waals surface area contributed by atoms with Crippen molar-refractivity contribution in [2.45, 2.75) is 5.41 Å². The fraction of sp³-hybridized carbons (Fsp3) is 0.00952. The first-order valence-electron chi connectivity index (χ1n) is 38.6. The van der Waals surface area contributed by atoms with Crippen LogP contribution in [0, 0.1) is 0 Å². The molecule has 0 N–H and O–H groups in total. The molecular weight excluding hydrogens is 1380 g/mol.